The molecule has 2 rings (SSSR count). The summed E-state index contributed by atoms with van der Waals surface area (Å²) in [4.78, 5) is 13.0. The van der Waals surface area contributed by atoms with Gasteiger partial charge in [0.05, 0.1) is 17.8 Å². The van der Waals surface area contributed by atoms with E-state index in [1.807, 2.05) is 11.4 Å². The molecular weight excluding hydrogens is 333 g/mol. The van der Waals surface area contributed by atoms with E-state index >= 15 is 0 Å². The molecule has 100 valence electrons. The highest BCUT2D eigenvalue weighted by atomic mass is 79.9. The van der Waals surface area contributed by atoms with Crippen molar-refractivity contribution in [2.75, 3.05) is 5.43 Å². The van der Waals surface area contributed by atoms with Crippen LogP contribution in [0.5, 0.6) is 0 Å². The van der Waals surface area contributed by atoms with E-state index in [1.54, 1.807) is 0 Å². The van der Waals surface area contributed by atoms with Crippen LogP contribution in [0.15, 0.2) is 34.1 Å². The number of benzene rings is 1. The monoisotopic (exact) mass is 343 g/mol. The highest BCUT2D eigenvalue weighted by Crippen LogP contribution is 2.21. The molecule has 0 aliphatic rings. The first-order valence-corrected chi connectivity index (χ1v) is 7.05. The first kappa shape index (κ1) is 14.0. The molecule has 0 fully saturated rings. The van der Waals surface area contributed by atoms with E-state index in [2.05, 4.69) is 26.7 Å². The van der Waals surface area contributed by atoms with Crippen molar-refractivity contribution in [1.29, 1.82) is 0 Å². The molecule has 0 radical (unpaired) electrons. The predicted octanol–water partition coefficient (Wildman–Crippen LogP) is 2.87. The number of thiophene rings is 1. The SMILES string of the molecule is NNc1c(F)cccc1C(=O)NCc1cc(Br)cs1. The van der Waals surface area contributed by atoms with Crippen molar-refractivity contribution in [2.45, 2.75) is 6.54 Å². The Kier molecular flexibility index (Phi) is 4.52. The smallest absolute Gasteiger partial charge is 0.253 e. The minimum absolute atomic E-state index is 0.00707. The fraction of sp³-hybridized carbons (Fsp3) is 0.0833. The fourth-order valence-electron chi connectivity index (χ4n) is 1.57. The minimum Gasteiger partial charge on any atom is -0.347 e. The van der Waals surface area contributed by atoms with Gasteiger partial charge in [0.25, 0.3) is 5.91 Å². The van der Waals surface area contributed by atoms with Gasteiger partial charge in [-0.1, -0.05) is 6.07 Å². The molecule has 2 aromatic rings. The molecule has 1 aromatic carbocycles. The van der Waals surface area contributed by atoms with Gasteiger partial charge in [-0.15, -0.1) is 11.3 Å². The number of hydrogen-bond donors (Lipinski definition) is 3. The number of hydrogen-bond acceptors (Lipinski definition) is 4. The molecule has 0 unspecified atom stereocenters. The molecule has 0 aliphatic carbocycles. The van der Waals surface area contributed by atoms with Crippen LogP contribution in [0, 0.1) is 5.82 Å². The van der Waals surface area contributed by atoms with Gasteiger partial charge in [-0.2, -0.15) is 0 Å². The second kappa shape index (κ2) is 6.14. The summed E-state index contributed by atoms with van der Waals surface area (Å²) in [5, 5.41) is 4.65. The number of hydrazine groups is 1. The average molecular weight is 344 g/mol. The molecule has 0 bridgehead atoms. The van der Waals surface area contributed by atoms with Crippen molar-refractivity contribution in [3.63, 3.8) is 0 Å². The summed E-state index contributed by atoms with van der Waals surface area (Å²) >= 11 is 4.86. The van der Waals surface area contributed by atoms with Crippen molar-refractivity contribution >= 4 is 38.9 Å². The van der Waals surface area contributed by atoms with Gasteiger partial charge in [0, 0.05) is 14.7 Å². The summed E-state index contributed by atoms with van der Waals surface area (Å²) in [7, 11) is 0. The number of carbonyl (C=O) groups excluding carboxylic acids is 1. The maximum atomic E-state index is 13.5. The Morgan fingerprint density at radius 2 is 2.26 bits per heavy atom. The average Bonchev–Trinajstić information content (AvgIpc) is 2.81. The predicted molar refractivity (Wildman–Crippen MR) is 77.4 cm³/mol. The largest absolute Gasteiger partial charge is 0.347 e. The zero-order chi connectivity index (χ0) is 13.8. The summed E-state index contributed by atoms with van der Waals surface area (Å²) in [6.45, 7) is 0.385. The van der Waals surface area contributed by atoms with E-state index in [9.17, 15) is 9.18 Å². The highest BCUT2D eigenvalue weighted by Gasteiger charge is 2.14. The lowest BCUT2D eigenvalue weighted by Gasteiger charge is -2.09. The van der Waals surface area contributed by atoms with Gasteiger partial charge < -0.3 is 10.7 Å². The van der Waals surface area contributed by atoms with Crippen LogP contribution in [0.2, 0.25) is 0 Å². The standard InChI is InChI=1S/C12H11BrFN3OS/c13-7-4-8(19-6-7)5-16-12(18)9-2-1-3-10(14)11(9)17-15/h1-4,6,17H,5,15H2,(H,16,18). The van der Waals surface area contributed by atoms with Crippen molar-refractivity contribution in [3.8, 4) is 0 Å². The van der Waals surface area contributed by atoms with Crippen LogP contribution in [0.4, 0.5) is 10.1 Å². The Morgan fingerprint density at radius 3 is 2.89 bits per heavy atom. The van der Waals surface area contributed by atoms with Gasteiger partial charge in [0.1, 0.15) is 5.82 Å². The van der Waals surface area contributed by atoms with Gasteiger partial charge in [-0.3, -0.25) is 10.6 Å². The molecule has 0 atom stereocenters. The molecule has 0 aliphatic heterocycles. The van der Waals surface area contributed by atoms with Crippen LogP contribution in [-0.2, 0) is 6.54 Å². The normalized spacial score (nSPS) is 10.3. The van der Waals surface area contributed by atoms with Gasteiger partial charge in [0.15, 0.2) is 0 Å². The molecule has 1 amide bonds. The fourth-order valence-corrected chi connectivity index (χ4v) is 2.96. The van der Waals surface area contributed by atoms with Gasteiger partial charge >= 0.3 is 0 Å². The lowest BCUT2D eigenvalue weighted by Crippen LogP contribution is -2.25. The Balaban J connectivity index is 2.10. The van der Waals surface area contributed by atoms with Crippen LogP contribution in [0.1, 0.15) is 15.2 Å². The number of para-hydroxylation sites is 1. The summed E-state index contributed by atoms with van der Waals surface area (Å²) in [6, 6.07) is 6.13. The van der Waals surface area contributed by atoms with E-state index in [0.717, 1.165) is 9.35 Å². The molecule has 4 nitrogen and oxygen atoms in total. The molecule has 0 saturated heterocycles. The third-order valence-corrected chi connectivity index (χ3v) is 4.15. The van der Waals surface area contributed by atoms with Crippen molar-refractivity contribution in [2.24, 2.45) is 5.84 Å². The summed E-state index contributed by atoms with van der Waals surface area (Å²) < 4.78 is 14.4. The third kappa shape index (κ3) is 3.31. The summed E-state index contributed by atoms with van der Waals surface area (Å²) in [5.74, 6) is 4.29. The van der Waals surface area contributed by atoms with E-state index in [-0.39, 0.29) is 17.2 Å². The number of amides is 1. The molecule has 4 N–H and O–H groups in total. The number of halogens is 2. The Bertz CT molecular complexity index is 602. The molecule has 1 heterocycles. The molecule has 0 spiro atoms. The van der Waals surface area contributed by atoms with Crippen LogP contribution >= 0.6 is 27.3 Å². The number of anilines is 1. The van der Waals surface area contributed by atoms with Crippen LogP contribution in [-0.4, -0.2) is 5.91 Å². The summed E-state index contributed by atoms with van der Waals surface area (Å²) in [5.41, 5.74) is 2.38. The Labute approximate surface area is 121 Å². The molecule has 19 heavy (non-hydrogen) atoms. The van der Waals surface area contributed by atoms with Crippen LogP contribution in [0.3, 0.4) is 0 Å². The third-order valence-electron chi connectivity index (χ3n) is 2.45. The molecule has 0 saturated carbocycles. The number of carbonyl (C=O) groups is 1. The molecule has 7 heteroatoms. The minimum atomic E-state index is -0.561. The van der Waals surface area contributed by atoms with Gasteiger partial charge in [0.2, 0.25) is 0 Å². The van der Waals surface area contributed by atoms with E-state index < -0.39 is 5.82 Å². The van der Waals surface area contributed by atoms with E-state index in [0.29, 0.717) is 6.54 Å². The number of nitrogens with two attached hydrogens (primary N) is 1. The number of nitrogen functional groups attached to an aromatic ring is 1. The van der Waals surface area contributed by atoms with Crippen molar-refractivity contribution in [1.82, 2.24) is 5.32 Å². The summed E-state index contributed by atoms with van der Waals surface area (Å²) in [6.07, 6.45) is 0. The second-order valence-electron chi connectivity index (χ2n) is 3.72. The quantitative estimate of drug-likeness (QED) is 0.590. The lowest BCUT2D eigenvalue weighted by atomic mass is 10.1. The first-order valence-electron chi connectivity index (χ1n) is 5.38. The second-order valence-corrected chi connectivity index (χ2v) is 5.63. The topological polar surface area (TPSA) is 67.1 Å². The number of rotatable bonds is 4. The van der Waals surface area contributed by atoms with Gasteiger partial charge in [-0.25, -0.2) is 4.39 Å². The molecule has 1 aromatic heterocycles. The van der Waals surface area contributed by atoms with E-state index in [1.165, 1.54) is 29.5 Å². The zero-order valence-electron chi connectivity index (χ0n) is 9.74. The maximum Gasteiger partial charge on any atom is 0.253 e. The number of nitrogens with one attached hydrogen (secondary N) is 2. The van der Waals surface area contributed by atoms with Crippen LogP contribution in [0.25, 0.3) is 0 Å². The maximum absolute atomic E-state index is 13.5. The Morgan fingerprint density at radius 1 is 1.47 bits per heavy atom. The molecular formula is C12H11BrFN3OS. The Hall–Kier alpha value is -1.44. The van der Waals surface area contributed by atoms with Crippen molar-refractivity contribution in [3.05, 3.63) is 50.4 Å². The zero-order valence-corrected chi connectivity index (χ0v) is 12.1. The first-order chi connectivity index (χ1) is 9.11. The lowest BCUT2D eigenvalue weighted by molar-refractivity contribution is 0.0951. The van der Waals surface area contributed by atoms with Crippen molar-refractivity contribution < 1.29 is 9.18 Å². The highest BCUT2D eigenvalue weighted by molar-refractivity contribution is 9.10. The van der Waals surface area contributed by atoms with Crippen LogP contribution < -0.4 is 16.6 Å². The van der Waals surface area contributed by atoms with Gasteiger partial charge in [-0.05, 0) is 34.1 Å². The van der Waals surface area contributed by atoms with E-state index in [4.69, 9.17) is 5.84 Å².